The summed E-state index contributed by atoms with van der Waals surface area (Å²) < 4.78 is 5.03. The number of aliphatic imine (C=N–C) groups is 1. The molecule has 0 heterocycles. The van der Waals surface area contributed by atoms with Crippen molar-refractivity contribution in [3.8, 4) is 6.07 Å². The molecule has 1 rings (SSSR count). The van der Waals surface area contributed by atoms with Gasteiger partial charge in [0, 0.05) is 0 Å². The molecule has 0 spiro atoms. The number of carbonyl (C=O) groups excluding carboxylic acids is 1. The van der Waals surface area contributed by atoms with Crippen molar-refractivity contribution < 1.29 is 29.3 Å². The molecule has 0 aliphatic carbocycles. The third-order valence-electron chi connectivity index (χ3n) is 2.38. The summed E-state index contributed by atoms with van der Waals surface area (Å²) >= 11 is 6.00. The van der Waals surface area contributed by atoms with Crippen molar-refractivity contribution in [2.75, 3.05) is 5.32 Å². The van der Waals surface area contributed by atoms with E-state index >= 15 is 0 Å². The molecule has 1 amide bonds. The second kappa shape index (κ2) is 7.94. The van der Waals surface area contributed by atoms with Gasteiger partial charge in [0.05, 0.1) is 34.1 Å². The summed E-state index contributed by atoms with van der Waals surface area (Å²) in [4.78, 5) is 36.7. The fourth-order valence-corrected chi connectivity index (χ4v) is 1.68. The minimum atomic E-state index is -1.76. The molecule has 126 valence electrons. The third-order valence-corrected chi connectivity index (χ3v) is 2.77. The number of hydrogen-bond acceptors (Lipinski definition) is 6. The van der Waals surface area contributed by atoms with E-state index in [1.54, 1.807) is 19.9 Å². The zero-order valence-corrected chi connectivity index (χ0v) is 13.3. The van der Waals surface area contributed by atoms with E-state index in [0.717, 1.165) is 6.07 Å². The minimum Gasteiger partial charge on any atom is -0.474 e. The number of benzene rings is 1. The predicted octanol–water partition coefficient (Wildman–Crippen LogP) is 1.77. The summed E-state index contributed by atoms with van der Waals surface area (Å²) in [7, 11) is 0. The van der Waals surface area contributed by atoms with Crippen LogP contribution in [-0.4, -0.2) is 40.1 Å². The molecule has 0 aliphatic heterocycles. The molecule has 24 heavy (non-hydrogen) atoms. The fourth-order valence-electron chi connectivity index (χ4n) is 1.48. The Labute approximate surface area is 141 Å². The normalized spacial score (nSPS) is 10.9. The Kier molecular flexibility index (Phi) is 6.26. The van der Waals surface area contributed by atoms with Crippen molar-refractivity contribution in [1.29, 1.82) is 5.26 Å². The van der Waals surface area contributed by atoms with Gasteiger partial charge in [-0.2, -0.15) is 5.26 Å². The van der Waals surface area contributed by atoms with Crippen LogP contribution in [0.2, 0.25) is 5.02 Å². The van der Waals surface area contributed by atoms with E-state index in [2.05, 4.69) is 4.99 Å². The molecule has 0 fully saturated rings. The van der Waals surface area contributed by atoms with E-state index in [1.807, 2.05) is 5.32 Å². The van der Waals surface area contributed by atoms with E-state index in [1.165, 1.54) is 6.07 Å². The Hall–Kier alpha value is -3.12. The molecule has 0 saturated heterocycles. The van der Waals surface area contributed by atoms with E-state index in [-0.39, 0.29) is 22.0 Å². The first-order chi connectivity index (χ1) is 11.1. The lowest BCUT2D eigenvalue weighted by atomic mass is 10.2. The number of ether oxygens (including phenoxy) is 1. The molecule has 10 heteroatoms. The Balaban J connectivity index is 3.42. The minimum absolute atomic E-state index is 0.0203. The number of halogens is 1. The van der Waals surface area contributed by atoms with Gasteiger partial charge < -0.3 is 20.3 Å². The molecule has 9 nitrogen and oxygen atoms in total. The van der Waals surface area contributed by atoms with Gasteiger partial charge in [0.2, 0.25) is 0 Å². The molecule has 1 aromatic rings. The second-order valence-corrected chi connectivity index (χ2v) is 4.99. The highest BCUT2D eigenvalue weighted by molar-refractivity contribution is 6.40. The highest BCUT2D eigenvalue weighted by atomic mass is 35.5. The molecule has 0 aromatic heterocycles. The molecule has 0 aliphatic rings. The second-order valence-electron chi connectivity index (χ2n) is 4.62. The van der Waals surface area contributed by atoms with Gasteiger partial charge >= 0.3 is 23.7 Å². The van der Waals surface area contributed by atoms with Crippen LogP contribution in [0, 0.1) is 11.3 Å². The van der Waals surface area contributed by atoms with Crippen LogP contribution in [0.3, 0.4) is 0 Å². The Bertz CT molecular complexity index is 767. The highest BCUT2D eigenvalue weighted by Gasteiger charge is 2.19. The van der Waals surface area contributed by atoms with Crippen LogP contribution < -0.4 is 5.32 Å². The van der Waals surface area contributed by atoms with Crippen LogP contribution in [0.5, 0.6) is 0 Å². The molecule has 0 unspecified atom stereocenters. The Morgan fingerprint density at radius 1 is 1.29 bits per heavy atom. The predicted molar refractivity (Wildman–Crippen MR) is 83.4 cm³/mol. The van der Waals surface area contributed by atoms with E-state index in [0.29, 0.717) is 0 Å². The van der Waals surface area contributed by atoms with Crippen LogP contribution in [0.15, 0.2) is 17.1 Å². The van der Waals surface area contributed by atoms with Crippen molar-refractivity contribution >= 4 is 46.7 Å². The molecule has 0 radical (unpaired) electrons. The average Bonchev–Trinajstić information content (AvgIpc) is 2.49. The van der Waals surface area contributed by atoms with Gasteiger partial charge in [-0.15, -0.1) is 0 Å². The molecular formula is C14H12ClN3O6. The SMILES string of the molecule is CC(C)O/C(=N\c1cc(C#N)cc(NC(=O)C(=O)O)c1Cl)C(=O)O. The molecule has 3 N–H and O–H groups in total. The number of nitrogens with zero attached hydrogens (tertiary/aromatic N) is 2. The quantitative estimate of drug-likeness (QED) is 0.425. The lowest BCUT2D eigenvalue weighted by Crippen LogP contribution is -2.22. The molecule has 0 atom stereocenters. The first kappa shape index (κ1) is 18.9. The molecule has 0 bridgehead atoms. The lowest BCUT2D eigenvalue weighted by molar-refractivity contribution is -0.147. The number of nitrogens with one attached hydrogen (secondary N) is 1. The van der Waals surface area contributed by atoms with Gasteiger partial charge in [-0.25, -0.2) is 14.6 Å². The number of nitriles is 1. The largest absolute Gasteiger partial charge is 0.474 e. The fraction of sp³-hybridized carbons (Fsp3) is 0.214. The van der Waals surface area contributed by atoms with Crippen LogP contribution in [0.1, 0.15) is 19.4 Å². The molecular weight excluding hydrogens is 342 g/mol. The number of hydrogen-bond donors (Lipinski definition) is 3. The van der Waals surface area contributed by atoms with Crippen LogP contribution in [0.25, 0.3) is 0 Å². The Morgan fingerprint density at radius 3 is 2.38 bits per heavy atom. The summed E-state index contributed by atoms with van der Waals surface area (Å²) in [5.41, 5.74) is -0.390. The first-order valence-corrected chi connectivity index (χ1v) is 6.80. The topological polar surface area (TPSA) is 149 Å². The molecule has 0 saturated carbocycles. The first-order valence-electron chi connectivity index (χ1n) is 6.42. The van der Waals surface area contributed by atoms with Gasteiger partial charge in [-0.05, 0) is 26.0 Å². The van der Waals surface area contributed by atoms with Crippen molar-refractivity contribution in [2.24, 2.45) is 4.99 Å². The number of carboxylic acid groups (broad SMARTS) is 2. The van der Waals surface area contributed by atoms with Crippen LogP contribution in [0.4, 0.5) is 11.4 Å². The van der Waals surface area contributed by atoms with Gasteiger partial charge in [0.15, 0.2) is 0 Å². The van der Waals surface area contributed by atoms with E-state index in [4.69, 9.17) is 31.8 Å². The van der Waals surface area contributed by atoms with Crippen LogP contribution in [-0.2, 0) is 19.1 Å². The third kappa shape index (κ3) is 4.96. The zero-order chi connectivity index (χ0) is 18.4. The number of anilines is 1. The Morgan fingerprint density at radius 2 is 1.92 bits per heavy atom. The summed E-state index contributed by atoms with van der Waals surface area (Å²) in [5.74, 6) is -5.26. The van der Waals surface area contributed by atoms with Crippen molar-refractivity contribution in [1.82, 2.24) is 0 Å². The number of carbonyl (C=O) groups is 3. The number of rotatable bonds is 3. The van der Waals surface area contributed by atoms with Gasteiger partial charge in [-0.3, -0.25) is 4.79 Å². The lowest BCUT2D eigenvalue weighted by Gasteiger charge is -2.11. The standard InChI is InChI=1S/C14H12ClN3O6/c1-6(2)24-12(14(22)23)18-9-4-7(5-16)3-8(10(9)15)17-11(19)13(20)21/h3-4,6H,1-2H3,(H,17,19)(H,20,21)(H,22,23)/b18-12-. The maximum atomic E-state index is 11.2. The van der Waals surface area contributed by atoms with Gasteiger partial charge in [0.25, 0.3) is 0 Å². The number of amides is 1. The van der Waals surface area contributed by atoms with E-state index < -0.39 is 29.8 Å². The number of carboxylic acids is 2. The summed E-state index contributed by atoms with van der Waals surface area (Å²) in [5, 5.41) is 28.4. The summed E-state index contributed by atoms with van der Waals surface area (Å²) in [6.45, 7) is 3.18. The monoisotopic (exact) mass is 353 g/mol. The van der Waals surface area contributed by atoms with Crippen molar-refractivity contribution in [3.05, 3.63) is 22.7 Å². The highest BCUT2D eigenvalue weighted by Crippen LogP contribution is 2.34. The molecule has 1 aromatic carbocycles. The van der Waals surface area contributed by atoms with Crippen molar-refractivity contribution in [3.63, 3.8) is 0 Å². The smallest absolute Gasteiger partial charge is 0.394 e. The summed E-state index contributed by atoms with van der Waals surface area (Å²) in [6, 6.07) is 4.07. The van der Waals surface area contributed by atoms with Crippen LogP contribution >= 0.6 is 11.6 Å². The van der Waals surface area contributed by atoms with Gasteiger partial charge in [-0.1, -0.05) is 11.6 Å². The number of aliphatic carboxylic acids is 2. The van der Waals surface area contributed by atoms with Crippen molar-refractivity contribution in [2.45, 2.75) is 20.0 Å². The van der Waals surface area contributed by atoms with Gasteiger partial charge in [0.1, 0.15) is 0 Å². The zero-order valence-electron chi connectivity index (χ0n) is 12.5. The average molecular weight is 354 g/mol. The summed E-state index contributed by atoms with van der Waals surface area (Å²) in [6.07, 6.45) is -0.482. The maximum absolute atomic E-state index is 11.2. The van der Waals surface area contributed by atoms with E-state index in [9.17, 15) is 14.4 Å². The maximum Gasteiger partial charge on any atom is 0.394 e.